The Kier molecular flexibility index (Phi) is 3.51. The fourth-order valence-corrected chi connectivity index (χ4v) is 1.76. The molecule has 1 aliphatic carbocycles. The Bertz CT molecular complexity index is 580. The number of anilines is 1. The first-order valence-electron chi connectivity index (χ1n) is 6.05. The molecule has 0 bridgehead atoms. The molecule has 0 fully saturated rings. The van der Waals surface area contributed by atoms with Crippen molar-refractivity contribution in [1.82, 2.24) is 0 Å². The number of carbonyl (C=O) groups is 2. The van der Waals surface area contributed by atoms with Gasteiger partial charge in [-0.1, -0.05) is 26.0 Å². The van der Waals surface area contributed by atoms with Crippen LogP contribution in [0.25, 0.3) is 0 Å². The van der Waals surface area contributed by atoms with E-state index in [9.17, 15) is 14.7 Å². The molecule has 98 valence electrons. The monoisotopic (exact) mass is 257 g/mol. The van der Waals surface area contributed by atoms with Crippen LogP contribution in [-0.4, -0.2) is 16.7 Å². The summed E-state index contributed by atoms with van der Waals surface area (Å²) in [5.41, 5.74) is 2.19. The fraction of sp³-hybridized carbons (Fsp3) is 0.200. The van der Waals surface area contributed by atoms with Crippen LogP contribution >= 0.6 is 0 Å². The van der Waals surface area contributed by atoms with Crippen LogP contribution in [0.4, 0.5) is 5.69 Å². The second kappa shape index (κ2) is 5.10. The average Bonchev–Trinajstić information content (AvgIpc) is 2.36. The molecule has 0 unspecified atom stereocenters. The Morgan fingerprint density at radius 3 is 2.16 bits per heavy atom. The first-order chi connectivity index (χ1) is 8.97. The second-order valence-electron chi connectivity index (χ2n) is 4.72. The number of aliphatic hydroxyl groups is 1. The van der Waals surface area contributed by atoms with Crippen molar-refractivity contribution in [2.24, 2.45) is 0 Å². The van der Waals surface area contributed by atoms with Gasteiger partial charge in [0.05, 0.1) is 5.70 Å². The standard InChI is InChI=1S/C15H15NO3/c1-9(2)10-3-5-11(6-4-10)16-12-7-14(18)15(19)8-13(12)17/h3-9,16-17H,1-2H3. The first kappa shape index (κ1) is 13.1. The maximum atomic E-state index is 11.3. The van der Waals surface area contributed by atoms with Gasteiger partial charge in [0.15, 0.2) is 0 Å². The predicted molar refractivity (Wildman–Crippen MR) is 73.0 cm³/mol. The average molecular weight is 257 g/mol. The summed E-state index contributed by atoms with van der Waals surface area (Å²) in [6.45, 7) is 4.20. The topological polar surface area (TPSA) is 66.4 Å². The molecule has 2 N–H and O–H groups in total. The third-order valence-corrected chi connectivity index (χ3v) is 2.92. The largest absolute Gasteiger partial charge is 0.506 e. The van der Waals surface area contributed by atoms with Crippen molar-refractivity contribution in [2.45, 2.75) is 19.8 Å². The molecular formula is C15H15NO3. The van der Waals surface area contributed by atoms with Crippen LogP contribution in [0.5, 0.6) is 0 Å². The molecule has 0 saturated carbocycles. The molecule has 2 rings (SSSR count). The van der Waals surface area contributed by atoms with Crippen molar-refractivity contribution < 1.29 is 14.7 Å². The minimum Gasteiger partial charge on any atom is -0.506 e. The highest BCUT2D eigenvalue weighted by molar-refractivity contribution is 6.46. The van der Waals surface area contributed by atoms with Crippen molar-refractivity contribution >= 4 is 17.3 Å². The molecule has 0 aliphatic heterocycles. The van der Waals surface area contributed by atoms with Crippen molar-refractivity contribution in [1.29, 1.82) is 0 Å². The van der Waals surface area contributed by atoms with Gasteiger partial charge in [-0.2, -0.15) is 0 Å². The lowest BCUT2D eigenvalue weighted by atomic mass is 10.0. The highest BCUT2D eigenvalue weighted by atomic mass is 16.3. The van der Waals surface area contributed by atoms with Crippen molar-refractivity contribution in [2.75, 3.05) is 5.32 Å². The summed E-state index contributed by atoms with van der Waals surface area (Å²) in [6.07, 6.45) is 2.03. The molecule has 0 aromatic heterocycles. The summed E-state index contributed by atoms with van der Waals surface area (Å²) in [4.78, 5) is 22.3. The SMILES string of the molecule is CC(C)c1ccc(NC2=CC(=O)C(=O)C=C2O)cc1. The summed E-state index contributed by atoms with van der Waals surface area (Å²) in [6, 6.07) is 7.68. The Hall–Kier alpha value is -2.36. The number of allylic oxidation sites excluding steroid dienone is 2. The Morgan fingerprint density at radius 1 is 1.00 bits per heavy atom. The lowest BCUT2D eigenvalue weighted by molar-refractivity contribution is -0.131. The van der Waals surface area contributed by atoms with Crippen molar-refractivity contribution in [3.8, 4) is 0 Å². The molecule has 1 aliphatic rings. The van der Waals surface area contributed by atoms with Crippen LogP contribution in [0.3, 0.4) is 0 Å². The van der Waals surface area contributed by atoms with Gasteiger partial charge < -0.3 is 10.4 Å². The van der Waals surface area contributed by atoms with Crippen LogP contribution in [0.2, 0.25) is 0 Å². The minimum absolute atomic E-state index is 0.225. The zero-order chi connectivity index (χ0) is 14.0. The predicted octanol–water partition coefficient (Wildman–Crippen LogP) is 2.70. The maximum Gasteiger partial charge on any atom is 0.229 e. The molecule has 1 aromatic carbocycles. The van der Waals surface area contributed by atoms with Gasteiger partial charge in [0.1, 0.15) is 5.76 Å². The quantitative estimate of drug-likeness (QED) is 0.645. The fourth-order valence-electron chi connectivity index (χ4n) is 1.76. The molecule has 0 spiro atoms. The molecule has 0 radical (unpaired) electrons. The second-order valence-corrected chi connectivity index (χ2v) is 4.72. The first-order valence-corrected chi connectivity index (χ1v) is 6.05. The number of aliphatic hydroxyl groups excluding tert-OH is 1. The van der Waals surface area contributed by atoms with Gasteiger partial charge in [0.25, 0.3) is 0 Å². The highest BCUT2D eigenvalue weighted by Gasteiger charge is 2.19. The Labute approximate surface area is 111 Å². The molecule has 19 heavy (non-hydrogen) atoms. The van der Waals surface area contributed by atoms with Crippen LogP contribution in [0.15, 0.2) is 47.9 Å². The lowest BCUT2D eigenvalue weighted by Crippen LogP contribution is -2.18. The van der Waals surface area contributed by atoms with Gasteiger partial charge in [-0.25, -0.2) is 0 Å². The zero-order valence-electron chi connectivity index (χ0n) is 10.8. The normalized spacial score (nSPS) is 15.3. The number of nitrogens with one attached hydrogen (secondary N) is 1. The molecule has 0 amide bonds. The van der Waals surface area contributed by atoms with Gasteiger partial charge in [0.2, 0.25) is 11.6 Å². The van der Waals surface area contributed by atoms with Gasteiger partial charge in [-0.05, 0) is 23.6 Å². The van der Waals surface area contributed by atoms with Crippen LogP contribution in [0, 0.1) is 0 Å². The number of ketones is 2. The van der Waals surface area contributed by atoms with E-state index in [1.807, 2.05) is 24.3 Å². The van der Waals surface area contributed by atoms with E-state index in [-0.39, 0.29) is 11.5 Å². The van der Waals surface area contributed by atoms with Gasteiger partial charge in [0, 0.05) is 17.8 Å². The third-order valence-electron chi connectivity index (χ3n) is 2.92. The minimum atomic E-state index is -0.710. The lowest BCUT2D eigenvalue weighted by Gasteiger charge is -2.13. The van der Waals surface area contributed by atoms with E-state index in [4.69, 9.17) is 0 Å². The van der Waals surface area contributed by atoms with Gasteiger partial charge in [-0.3, -0.25) is 9.59 Å². The maximum absolute atomic E-state index is 11.3. The van der Waals surface area contributed by atoms with Gasteiger partial charge >= 0.3 is 0 Å². The molecule has 4 nitrogen and oxygen atoms in total. The van der Waals surface area contributed by atoms with Crippen LogP contribution < -0.4 is 5.32 Å². The summed E-state index contributed by atoms with van der Waals surface area (Å²) >= 11 is 0. The van der Waals surface area contributed by atoms with E-state index in [1.54, 1.807) is 0 Å². The van der Waals surface area contributed by atoms with E-state index in [2.05, 4.69) is 19.2 Å². The molecule has 0 heterocycles. The number of hydrogen-bond acceptors (Lipinski definition) is 4. The molecular weight excluding hydrogens is 242 g/mol. The molecule has 0 saturated heterocycles. The number of hydrogen-bond donors (Lipinski definition) is 2. The van der Waals surface area contributed by atoms with Crippen LogP contribution in [-0.2, 0) is 9.59 Å². The summed E-state index contributed by atoms with van der Waals surface area (Å²) in [5, 5.41) is 12.5. The summed E-state index contributed by atoms with van der Waals surface area (Å²) < 4.78 is 0. The van der Waals surface area contributed by atoms with E-state index < -0.39 is 11.6 Å². The Balaban J connectivity index is 2.18. The smallest absolute Gasteiger partial charge is 0.229 e. The highest BCUT2D eigenvalue weighted by Crippen LogP contribution is 2.20. The Morgan fingerprint density at radius 2 is 1.58 bits per heavy atom. The van der Waals surface area contributed by atoms with E-state index in [0.717, 1.165) is 17.8 Å². The number of benzene rings is 1. The molecule has 0 atom stereocenters. The van der Waals surface area contributed by atoms with E-state index in [1.165, 1.54) is 5.56 Å². The number of rotatable bonds is 3. The number of carbonyl (C=O) groups excluding carboxylic acids is 2. The summed E-state index contributed by atoms with van der Waals surface area (Å²) in [7, 11) is 0. The van der Waals surface area contributed by atoms with Crippen molar-refractivity contribution in [3.05, 3.63) is 53.4 Å². The molecule has 1 aromatic rings. The van der Waals surface area contributed by atoms with Crippen molar-refractivity contribution in [3.63, 3.8) is 0 Å². The molecule has 4 heteroatoms. The third kappa shape index (κ3) is 2.91. The van der Waals surface area contributed by atoms with E-state index >= 15 is 0 Å². The van der Waals surface area contributed by atoms with Crippen LogP contribution in [0.1, 0.15) is 25.3 Å². The zero-order valence-corrected chi connectivity index (χ0v) is 10.8. The van der Waals surface area contributed by atoms with E-state index in [0.29, 0.717) is 5.92 Å². The van der Waals surface area contributed by atoms with Gasteiger partial charge in [-0.15, -0.1) is 0 Å². The summed E-state index contributed by atoms with van der Waals surface area (Å²) in [5.74, 6) is -1.13.